The summed E-state index contributed by atoms with van der Waals surface area (Å²) in [7, 11) is 0. The molecule has 2 fully saturated rings. The van der Waals surface area contributed by atoms with Crippen LogP contribution in [0.1, 0.15) is 30.0 Å². The summed E-state index contributed by atoms with van der Waals surface area (Å²) < 4.78 is 11.3. The molecular formula is C27H32N2O5. The summed E-state index contributed by atoms with van der Waals surface area (Å²) in [5.41, 5.74) is 2.57. The summed E-state index contributed by atoms with van der Waals surface area (Å²) in [6.07, 6.45) is 0.768. The fourth-order valence-corrected chi connectivity index (χ4v) is 4.51. The zero-order valence-electron chi connectivity index (χ0n) is 19.8. The highest BCUT2D eigenvalue weighted by Gasteiger charge is 2.42. The van der Waals surface area contributed by atoms with E-state index in [1.165, 1.54) is 0 Å². The van der Waals surface area contributed by atoms with Crippen molar-refractivity contribution in [1.29, 1.82) is 0 Å². The van der Waals surface area contributed by atoms with Crippen molar-refractivity contribution in [3.05, 3.63) is 70.8 Å². The Morgan fingerprint density at radius 3 is 2.53 bits per heavy atom. The minimum atomic E-state index is -0.626. The zero-order chi connectivity index (χ0) is 24.1. The molecule has 7 nitrogen and oxygen atoms in total. The fraction of sp³-hybridized carbons (Fsp3) is 0.407. The van der Waals surface area contributed by atoms with Crippen molar-refractivity contribution in [2.24, 2.45) is 0 Å². The van der Waals surface area contributed by atoms with Gasteiger partial charge >= 0.3 is 0 Å². The number of nitrogens with zero attached hydrogens (tertiary/aromatic N) is 2. The first-order chi connectivity index (χ1) is 16.5. The van der Waals surface area contributed by atoms with Gasteiger partial charge in [-0.15, -0.1) is 0 Å². The van der Waals surface area contributed by atoms with Gasteiger partial charge in [0.1, 0.15) is 18.1 Å². The molecule has 180 valence electrons. The first-order valence-electron chi connectivity index (χ1n) is 11.8. The number of rotatable bonds is 8. The number of aliphatic hydroxyl groups excluding tert-OH is 1. The summed E-state index contributed by atoms with van der Waals surface area (Å²) in [5.74, 6) is -0.606. The topological polar surface area (TPSA) is 79.3 Å². The molecule has 2 aliphatic rings. The minimum Gasteiger partial charge on any atom is -0.507 e. The van der Waals surface area contributed by atoms with Gasteiger partial charge in [0, 0.05) is 31.7 Å². The maximum absolute atomic E-state index is 12.8. The predicted molar refractivity (Wildman–Crippen MR) is 130 cm³/mol. The number of likely N-dealkylation sites (tertiary alicyclic amines) is 1. The molecule has 1 unspecified atom stereocenters. The third-order valence-corrected chi connectivity index (χ3v) is 6.50. The van der Waals surface area contributed by atoms with Crippen LogP contribution in [-0.2, 0) is 20.9 Å². The van der Waals surface area contributed by atoms with Crippen LogP contribution in [0.2, 0.25) is 0 Å². The number of hydrogen-bond acceptors (Lipinski definition) is 6. The van der Waals surface area contributed by atoms with Crippen LogP contribution in [0.15, 0.2) is 54.1 Å². The predicted octanol–water partition coefficient (Wildman–Crippen LogP) is 3.37. The Morgan fingerprint density at radius 1 is 1.09 bits per heavy atom. The van der Waals surface area contributed by atoms with Crippen LogP contribution in [0.3, 0.4) is 0 Å². The van der Waals surface area contributed by atoms with Crippen molar-refractivity contribution >= 4 is 17.4 Å². The van der Waals surface area contributed by atoms with Gasteiger partial charge in [-0.05, 0) is 49.6 Å². The molecule has 0 bridgehead atoms. The van der Waals surface area contributed by atoms with Crippen LogP contribution in [0.5, 0.6) is 5.75 Å². The number of amides is 1. The molecule has 0 spiro atoms. The Bertz CT molecular complexity index is 1060. The first-order valence-corrected chi connectivity index (χ1v) is 11.8. The molecule has 4 rings (SSSR count). The van der Waals surface area contributed by atoms with E-state index < -0.39 is 17.7 Å². The highest BCUT2D eigenvalue weighted by molar-refractivity contribution is 6.46. The van der Waals surface area contributed by atoms with Gasteiger partial charge in [-0.2, -0.15) is 0 Å². The third-order valence-electron chi connectivity index (χ3n) is 6.50. The van der Waals surface area contributed by atoms with Crippen molar-refractivity contribution < 1.29 is 24.2 Å². The molecule has 2 aliphatic heterocycles. The first kappa shape index (κ1) is 24.0. The average molecular weight is 465 g/mol. The summed E-state index contributed by atoms with van der Waals surface area (Å²) in [5, 5.41) is 11.0. The lowest BCUT2D eigenvalue weighted by molar-refractivity contribution is -0.139. The van der Waals surface area contributed by atoms with Gasteiger partial charge in [0.15, 0.2) is 0 Å². The Hall–Kier alpha value is -3.16. The van der Waals surface area contributed by atoms with Crippen molar-refractivity contribution in [3.63, 3.8) is 0 Å². The lowest BCUT2D eigenvalue weighted by Crippen LogP contribution is -2.39. The molecule has 1 amide bonds. The number of carbonyl (C=O) groups is 2. The normalized spacial score (nSPS) is 20.6. The molecular weight excluding hydrogens is 432 g/mol. The Labute approximate surface area is 200 Å². The summed E-state index contributed by atoms with van der Waals surface area (Å²) in [4.78, 5) is 29.3. The molecule has 2 aromatic carbocycles. The van der Waals surface area contributed by atoms with Crippen molar-refractivity contribution in [2.75, 3.05) is 39.4 Å². The second-order valence-corrected chi connectivity index (χ2v) is 8.83. The minimum absolute atomic E-state index is 0.140. The van der Waals surface area contributed by atoms with Gasteiger partial charge in [0.05, 0.1) is 24.8 Å². The quantitative estimate of drug-likeness (QED) is 0.367. The van der Waals surface area contributed by atoms with E-state index in [-0.39, 0.29) is 11.3 Å². The summed E-state index contributed by atoms with van der Waals surface area (Å²) in [6.45, 7) is 8.70. The number of aliphatic hydroxyl groups is 1. The number of hydrogen-bond donors (Lipinski definition) is 1. The number of morpholine rings is 1. The van der Waals surface area contributed by atoms with Crippen molar-refractivity contribution in [1.82, 2.24) is 9.80 Å². The van der Waals surface area contributed by atoms with Crippen molar-refractivity contribution in [3.8, 4) is 5.75 Å². The highest BCUT2D eigenvalue weighted by Crippen LogP contribution is 2.31. The zero-order valence-corrected chi connectivity index (χ0v) is 19.8. The number of Topliss-reactive ketones (excluding diaryl/α,β-unsaturated/α-hetero) is 1. The second-order valence-electron chi connectivity index (χ2n) is 8.83. The molecule has 0 aliphatic carbocycles. The van der Waals surface area contributed by atoms with E-state index in [9.17, 15) is 14.7 Å². The van der Waals surface area contributed by atoms with Gasteiger partial charge in [0.2, 0.25) is 0 Å². The maximum atomic E-state index is 12.8. The Morgan fingerprint density at radius 2 is 1.82 bits per heavy atom. The van der Waals surface area contributed by atoms with E-state index >= 15 is 0 Å². The lowest BCUT2D eigenvalue weighted by Gasteiger charge is -2.28. The van der Waals surface area contributed by atoms with Gasteiger partial charge in [-0.3, -0.25) is 14.5 Å². The van der Waals surface area contributed by atoms with Gasteiger partial charge in [-0.1, -0.05) is 30.3 Å². The molecule has 2 heterocycles. The number of benzene rings is 2. The molecule has 7 heteroatoms. The van der Waals surface area contributed by atoms with Crippen LogP contribution >= 0.6 is 0 Å². The number of ketones is 1. The van der Waals surface area contributed by atoms with Crippen LogP contribution in [-0.4, -0.2) is 72.0 Å². The third kappa shape index (κ3) is 5.32. The lowest BCUT2D eigenvalue weighted by atomic mass is 10.0. The Balaban J connectivity index is 1.43. The molecule has 34 heavy (non-hydrogen) atoms. The van der Waals surface area contributed by atoms with Crippen LogP contribution < -0.4 is 4.74 Å². The molecule has 2 saturated heterocycles. The monoisotopic (exact) mass is 464 g/mol. The largest absolute Gasteiger partial charge is 0.507 e. The van der Waals surface area contributed by atoms with E-state index in [2.05, 4.69) is 4.90 Å². The van der Waals surface area contributed by atoms with E-state index in [1.54, 1.807) is 30.0 Å². The van der Waals surface area contributed by atoms with Gasteiger partial charge in [-0.25, -0.2) is 0 Å². The molecule has 2 aromatic rings. The molecule has 1 N–H and O–H groups in total. The SMILES string of the molecule is Cc1cc(C(O)=C2C(=O)C(=O)N(CCCN3CCOCC3)C2C)ccc1OCc1ccccc1. The number of carbonyl (C=O) groups excluding carboxylic acids is 2. The van der Waals surface area contributed by atoms with Crippen LogP contribution in [0.4, 0.5) is 0 Å². The standard InChI is InChI=1S/C27H32N2O5/c1-19-17-22(9-10-23(19)34-18-21-7-4-3-5-8-21)25(30)24-20(2)29(27(32)26(24)31)12-6-11-28-13-15-33-16-14-28/h3-5,7-10,17,20,30H,6,11-16,18H2,1-2H3. The fourth-order valence-electron chi connectivity index (χ4n) is 4.51. The van der Waals surface area contributed by atoms with E-state index in [1.807, 2.05) is 37.3 Å². The van der Waals surface area contributed by atoms with E-state index in [0.717, 1.165) is 50.4 Å². The summed E-state index contributed by atoms with van der Waals surface area (Å²) >= 11 is 0. The average Bonchev–Trinajstić information content (AvgIpc) is 3.07. The second kappa shape index (κ2) is 10.8. The molecule has 0 radical (unpaired) electrons. The van der Waals surface area contributed by atoms with Crippen LogP contribution in [0, 0.1) is 6.92 Å². The van der Waals surface area contributed by atoms with Gasteiger partial charge < -0.3 is 19.5 Å². The highest BCUT2D eigenvalue weighted by atomic mass is 16.5. The van der Waals surface area contributed by atoms with Gasteiger partial charge in [0.25, 0.3) is 11.7 Å². The number of ether oxygens (including phenoxy) is 2. The maximum Gasteiger partial charge on any atom is 0.295 e. The summed E-state index contributed by atoms with van der Waals surface area (Å²) in [6, 6.07) is 14.7. The number of aryl methyl sites for hydroxylation is 1. The molecule has 0 aromatic heterocycles. The molecule has 0 saturated carbocycles. The van der Waals surface area contributed by atoms with E-state index in [4.69, 9.17) is 9.47 Å². The molecule has 1 atom stereocenters. The smallest absolute Gasteiger partial charge is 0.295 e. The van der Waals surface area contributed by atoms with E-state index in [0.29, 0.717) is 24.5 Å². The Kier molecular flexibility index (Phi) is 7.65. The van der Waals surface area contributed by atoms with Crippen LogP contribution in [0.25, 0.3) is 5.76 Å². The van der Waals surface area contributed by atoms with Crippen molar-refractivity contribution in [2.45, 2.75) is 32.9 Å².